The van der Waals surface area contributed by atoms with Gasteiger partial charge < -0.3 is 5.32 Å². The van der Waals surface area contributed by atoms with E-state index in [1.54, 1.807) is 28.9 Å². The Morgan fingerprint density at radius 1 is 1.03 bits per heavy atom. The van der Waals surface area contributed by atoms with Crippen molar-refractivity contribution in [3.05, 3.63) is 91.5 Å². The molecule has 0 atom stereocenters. The summed E-state index contributed by atoms with van der Waals surface area (Å²) >= 11 is 17.9. The van der Waals surface area contributed by atoms with Crippen LogP contribution in [-0.4, -0.2) is 31.8 Å². The molecule has 10 heteroatoms. The van der Waals surface area contributed by atoms with Gasteiger partial charge in [0.15, 0.2) is 5.65 Å². The summed E-state index contributed by atoms with van der Waals surface area (Å²) in [6, 6.07) is 12.0. The Bertz CT molecular complexity index is 1320. The van der Waals surface area contributed by atoms with Gasteiger partial charge in [0.25, 0.3) is 11.5 Å². The van der Waals surface area contributed by atoms with Gasteiger partial charge in [0.1, 0.15) is 11.7 Å². The molecule has 0 saturated carbocycles. The normalized spacial score (nSPS) is 11.1. The highest BCUT2D eigenvalue weighted by Crippen LogP contribution is 2.20. The second-order valence-electron chi connectivity index (χ2n) is 6.79. The van der Waals surface area contributed by atoms with E-state index in [9.17, 15) is 9.59 Å². The van der Waals surface area contributed by atoms with E-state index in [-0.39, 0.29) is 18.0 Å². The van der Waals surface area contributed by atoms with Crippen LogP contribution in [0.4, 0.5) is 0 Å². The molecule has 4 rings (SSSR count). The van der Waals surface area contributed by atoms with Crippen molar-refractivity contribution in [2.75, 3.05) is 6.54 Å². The molecule has 0 saturated heterocycles. The molecule has 0 unspecified atom stereocenters. The van der Waals surface area contributed by atoms with Gasteiger partial charge in [-0.05, 0) is 35.9 Å². The van der Waals surface area contributed by atoms with E-state index < -0.39 is 0 Å². The first-order valence-electron chi connectivity index (χ1n) is 9.31. The Labute approximate surface area is 192 Å². The fraction of sp³-hybridized carbons (Fsp3) is 0.143. The zero-order valence-corrected chi connectivity index (χ0v) is 18.3. The van der Waals surface area contributed by atoms with Crippen LogP contribution < -0.4 is 10.9 Å². The van der Waals surface area contributed by atoms with Crippen LogP contribution in [0, 0.1) is 0 Å². The van der Waals surface area contributed by atoms with E-state index in [1.165, 1.54) is 23.2 Å². The molecule has 158 valence electrons. The number of hydrogen-bond donors (Lipinski definition) is 1. The molecule has 0 bridgehead atoms. The number of rotatable bonds is 6. The average molecular weight is 477 g/mol. The molecule has 0 spiro atoms. The summed E-state index contributed by atoms with van der Waals surface area (Å²) < 4.78 is 3.09. The molecule has 0 aliphatic rings. The first-order chi connectivity index (χ1) is 14.9. The second-order valence-corrected chi connectivity index (χ2v) is 8.07. The monoisotopic (exact) mass is 475 g/mol. The Kier molecular flexibility index (Phi) is 6.27. The molecule has 4 aromatic rings. The largest absolute Gasteiger partial charge is 0.350 e. The summed E-state index contributed by atoms with van der Waals surface area (Å²) in [5.74, 6) is -0.345. The summed E-state index contributed by atoms with van der Waals surface area (Å²) in [6.07, 6.45) is 2.97. The third kappa shape index (κ3) is 4.74. The molecule has 2 heterocycles. The van der Waals surface area contributed by atoms with Crippen LogP contribution in [-0.2, 0) is 13.1 Å². The lowest BCUT2D eigenvalue weighted by molar-refractivity contribution is 0.0952. The number of benzene rings is 2. The van der Waals surface area contributed by atoms with Crippen molar-refractivity contribution in [2.45, 2.75) is 13.1 Å². The lowest BCUT2D eigenvalue weighted by Gasteiger charge is -2.08. The van der Waals surface area contributed by atoms with Gasteiger partial charge in [-0.3, -0.25) is 14.2 Å². The number of fused-ring (bicyclic) bond motifs is 1. The molecule has 1 amide bonds. The number of aromatic nitrogens is 4. The maximum absolute atomic E-state index is 12.8. The zero-order chi connectivity index (χ0) is 22.0. The lowest BCUT2D eigenvalue weighted by atomic mass is 10.2. The Balaban J connectivity index is 1.46. The van der Waals surface area contributed by atoms with Crippen LogP contribution in [0.3, 0.4) is 0 Å². The van der Waals surface area contributed by atoms with E-state index in [0.717, 1.165) is 5.56 Å². The summed E-state index contributed by atoms with van der Waals surface area (Å²) in [5.41, 5.74) is 1.48. The summed E-state index contributed by atoms with van der Waals surface area (Å²) in [6.45, 7) is 0.982. The van der Waals surface area contributed by atoms with Crippen molar-refractivity contribution < 1.29 is 4.79 Å². The van der Waals surface area contributed by atoms with Crippen molar-refractivity contribution in [2.24, 2.45) is 0 Å². The van der Waals surface area contributed by atoms with Gasteiger partial charge in [0, 0.05) is 16.6 Å². The quantitative estimate of drug-likeness (QED) is 0.455. The minimum atomic E-state index is -0.345. The average Bonchev–Trinajstić information content (AvgIpc) is 3.17. The van der Waals surface area contributed by atoms with E-state index in [0.29, 0.717) is 44.8 Å². The van der Waals surface area contributed by atoms with Gasteiger partial charge in [-0.1, -0.05) is 46.9 Å². The zero-order valence-electron chi connectivity index (χ0n) is 16.1. The molecule has 0 aliphatic heterocycles. The molecule has 2 aromatic carbocycles. The fourth-order valence-corrected chi connectivity index (χ4v) is 3.60. The van der Waals surface area contributed by atoms with Gasteiger partial charge in [-0.15, -0.1) is 0 Å². The minimum Gasteiger partial charge on any atom is -0.350 e. The topological polar surface area (TPSA) is 81.8 Å². The molecular formula is C21H16Cl3N5O2. The Hall–Kier alpha value is -2.87. The third-order valence-corrected chi connectivity index (χ3v) is 5.49. The van der Waals surface area contributed by atoms with Gasteiger partial charge >= 0.3 is 0 Å². The number of halogens is 3. The summed E-state index contributed by atoms with van der Waals surface area (Å²) in [5, 5.41) is 8.79. The van der Waals surface area contributed by atoms with Crippen molar-refractivity contribution >= 4 is 51.7 Å². The summed E-state index contributed by atoms with van der Waals surface area (Å²) in [7, 11) is 0. The number of hydrogen-bond acceptors (Lipinski definition) is 4. The van der Waals surface area contributed by atoms with Crippen molar-refractivity contribution in [1.82, 2.24) is 24.6 Å². The standard InChI is InChI=1S/C21H16Cl3N5O2/c22-14-3-1-13(2-4-14)11-28-12-26-19-17(21(28)31)10-27-29(19)8-7-25-20(30)16-9-15(23)5-6-18(16)24/h1-6,9-10,12H,7-8,11H2,(H,25,30). The van der Waals surface area contributed by atoms with Crippen LogP contribution in [0.5, 0.6) is 0 Å². The maximum Gasteiger partial charge on any atom is 0.264 e. The minimum absolute atomic E-state index is 0.194. The molecule has 7 nitrogen and oxygen atoms in total. The van der Waals surface area contributed by atoms with Crippen molar-refractivity contribution in [3.63, 3.8) is 0 Å². The van der Waals surface area contributed by atoms with Crippen LogP contribution in [0.15, 0.2) is 59.8 Å². The summed E-state index contributed by atoms with van der Waals surface area (Å²) in [4.78, 5) is 29.5. The van der Waals surface area contributed by atoms with Gasteiger partial charge in [0.2, 0.25) is 0 Å². The lowest BCUT2D eigenvalue weighted by Crippen LogP contribution is -2.28. The van der Waals surface area contributed by atoms with Gasteiger partial charge in [-0.2, -0.15) is 5.10 Å². The highest BCUT2D eigenvalue weighted by molar-refractivity contribution is 6.35. The van der Waals surface area contributed by atoms with Crippen LogP contribution in [0.2, 0.25) is 15.1 Å². The van der Waals surface area contributed by atoms with Crippen molar-refractivity contribution in [3.8, 4) is 0 Å². The second kappa shape index (κ2) is 9.09. The number of amides is 1. The first-order valence-corrected chi connectivity index (χ1v) is 10.4. The number of nitrogens with one attached hydrogen (secondary N) is 1. The SMILES string of the molecule is O=C(NCCn1ncc2c(=O)n(Cc3ccc(Cl)cc3)cnc21)c1cc(Cl)ccc1Cl. The maximum atomic E-state index is 12.8. The molecule has 31 heavy (non-hydrogen) atoms. The third-order valence-electron chi connectivity index (χ3n) is 4.67. The Morgan fingerprint density at radius 3 is 2.55 bits per heavy atom. The van der Waals surface area contributed by atoms with E-state index in [1.807, 2.05) is 12.1 Å². The first kappa shape index (κ1) is 21.4. The van der Waals surface area contributed by atoms with E-state index in [2.05, 4.69) is 15.4 Å². The highest BCUT2D eigenvalue weighted by atomic mass is 35.5. The molecule has 0 fully saturated rings. The van der Waals surface area contributed by atoms with E-state index in [4.69, 9.17) is 34.8 Å². The van der Waals surface area contributed by atoms with Crippen LogP contribution in [0.25, 0.3) is 11.0 Å². The van der Waals surface area contributed by atoms with Gasteiger partial charge in [0.05, 0.1) is 29.9 Å². The highest BCUT2D eigenvalue weighted by Gasteiger charge is 2.13. The number of nitrogens with zero attached hydrogens (tertiary/aromatic N) is 4. The smallest absolute Gasteiger partial charge is 0.264 e. The predicted octanol–water partition coefficient (Wildman–Crippen LogP) is 4.03. The molecule has 0 aliphatic carbocycles. The van der Waals surface area contributed by atoms with Crippen LogP contribution >= 0.6 is 34.8 Å². The number of carbonyl (C=O) groups excluding carboxylic acids is 1. The van der Waals surface area contributed by atoms with E-state index >= 15 is 0 Å². The fourth-order valence-electron chi connectivity index (χ4n) is 3.10. The molecular weight excluding hydrogens is 461 g/mol. The molecule has 2 aromatic heterocycles. The molecule has 1 N–H and O–H groups in total. The Morgan fingerprint density at radius 2 is 1.77 bits per heavy atom. The molecule has 0 radical (unpaired) electrons. The van der Waals surface area contributed by atoms with Crippen molar-refractivity contribution in [1.29, 1.82) is 0 Å². The van der Waals surface area contributed by atoms with Crippen LogP contribution in [0.1, 0.15) is 15.9 Å². The van der Waals surface area contributed by atoms with Gasteiger partial charge in [-0.25, -0.2) is 9.67 Å². The number of carbonyl (C=O) groups is 1. The predicted molar refractivity (Wildman–Crippen MR) is 121 cm³/mol.